The summed E-state index contributed by atoms with van der Waals surface area (Å²) in [5.74, 6) is 0. The zero-order chi connectivity index (χ0) is 9.14. The molecule has 0 saturated carbocycles. The molecule has 0 aliphatic rings. The summed E-state index contributed by atoms with van der Waals surface area (Å²) in [6.07, 6.45) is 2.47. The average Bonchev–Trinajstić information content (AvgIpc) is 2.34. The van der Waals surface area contributed by atoms with Crippen molar-refractivity contribution in [2.75, 3.05) is 0 Å². The van der Waals surface area contributed by atoms with Gasteiger partial charge in [0.1, 0.15) is 0 Å². The van der Waals surface area contributed by atoms with Crippen molar-refractivity contribution in [3.63, 3.8) is 0 Å². The van der Waals surface area contributed by atoms with Crippen LogP contribution < -0.4 is 4.78 Å². The van der Waals surface area contributed by atoms with Gasteiger partial charge in [0.25, 0.3) is 0 Å². The molecule has 0 unspecified atom stereocenters. The van der Waals surface area contributed by atoms with E-state index in [0.717, 1.165) is 6.71 Å². The number of aryl methyl sites for hydroxylation is 2. The molecule has 0 saturated heterocycles. The first kappa shape index (κ1) is 9.78. The van der Waals surface area contributed by atoms with E-state index >= 15 is 0 Å². The van der Waals surface area contributed by atoms with Gasteiger partial charge in [0.05, 0.1) is 5.01 Å². The summed E-state index contributed by atoms with van der Waals surface area (Å²) in [6, 6.07) is 0. The van der Waals surface area contributed by atoms with Crippen molar-refractivity contribution in [2.24, 2.45) is 0 Å². The summed E-state index contributed by atoms with van der Waals surface area (Å²) >= 11 is 1.86. The molecule has 66 valence electrons. The topological polar surface area (TPSA) is 12.9 Å². The second kappa shape index (κ2) is 4.08. The lowest BCUT2D eigenvalue weighted by molar-refractivity contribution is 1.20. The number of rotatable bonds is 3. The second-order valence-electron chi connectivity index (χ2n) is 3.20. The molecule has 0 bridgehead atoms. The van der Waals surface area contributed by atoms with E-state index < -0.39 is 0 Å². The molecule has 1 heterocycles. The van der Waals surface area contributed by atoms with Crippen LogP contribution >= 0.6 is 11.3 Å². The molecule has 0 fully saturated rings. The largest absolute Gasteiger partial charge is 0.248 e. The molecular formula is C9H16BNS. The first-order valence-electron chi connectivity index (χ1n) is 4.62. The molecule has 0 aromatic carbocycles. The van der Waals surface area contributed by atoms with Crippen LogP contribution in [0.25, 0.3) is 0 Å². The molecule has 3 heteroatoms. The third-order valence-electron chi connectivity index (χ3n) is 2.30. The molecule has 0 aliphatic carbocycles. The van der Waals surface area contributed by atoms with E-state index in [1.807, 2.05) is 11.3 Å². The minimum Gasteiger partial charge on any atom is -0.248 e. The van der Waals surface area contributed by atoms with Crippen LogP contribution in [0.1, 0.15) is 24.5 Å². The van der Waals surface area contributed by atoms with Gasteiger partial charge in [-0.05, 0) is 18.6 Å². The Bertz CT molecular complexity index is 253. The van der Waals surface area contributed by atoms with Crippen molar-refractivity contribution < 1.29 is 0 Å². The highest BCUT2D eigenvalue weighted by Crippen LogP contribution is 2.10. The fourth-order valence-electron chi connectivity index (χ4n) is 1.59. The van der Waals surface area contributed by atoms with E-state index in [4.69, 9.17) is 0 Å². The number of thiazole rings is 1. The van der Waals surface area contributed by atoms with Crippen LogP contribution in [-0.2, 0) is 0 Å². The Hall–Kier alpha value is -0.305. The van der Waals surface area contributed by atoms with Crippen LogP contribution in [0.2, 0.25) is 12.6 Å². The zero-order valence-electron chi connectivity index (χ0n) is 8.35. The minimum atomic E-state index is 0.733. The SMILES string of the molecule is CCB(CC)c1sc(C)nc1C. The van der Waals surface area contributed by atoms with Crippen LogP contribution in [0.5, 0.6) is 0 Å². The highest BCUT2D eigenvalue weighted by molar-refractivity contribution is 7.23. The number of hydrogen-bond donors (Lipinski definition) is 0. The summed E-state index contributed by atoms with van der Waals surface area (Å²) in [7, 11) is 0. The molecule has 0 aliphatic heterocycles. The van der Waals surface area contributed by atoms with Gasteiger partial charge < -0.3 is 0 Å². The monoisotopic (exact) mass is 181 g/mol. The van der Waals surface area contributed by atoms with Crippen molar-refractivity contribution in [1.82, 2.24) is 4.98 Å². The zero-order valence-corrected chi connectivity index (χ0v) is 9.16. The highest BCUT2D eigenvalue weighted by atomic mass is 32.1. The van der Waals surface area contributed by atoms with Crippen molar-refractivity contribution in [3.8, 4) is 0 Å². The third kappa shape index (κ3) is 1.89. The summed E-state index contributed by atoms with van der Waals surface area (Å²) in [6.45, 7) is 9.45. The fraction of sp³-hybridized carbons (Fsp3) is 0.667. The summed E-state index contributed by atoms with van der Waals surface area (Å²) < 4.78 is 1.50. The average molecular weight is 181 g/mol. The van der Waals surface area contributed by atoms with Crippen LogP contribution in [0.4, 0.5) is 0 Å². The molecule has 1 aromatic rings. The van der Waals surface area contributed by atoms with Gasteiger partial charge in [0, 0.05) is 5.69 Å². The maximum Gasteiger partial charge on any atom is 0.191 e. The molecule has 1 rings (SSSR count). The molecule has 0 radical (unpaired) electrons. The number of hydrogen-bond acceptors (Lipinski definition) is 2. The Morgan fingerprint density at radius 3 is 2.17 bits per heavy atom. The standard InChI is InChI=1S/C9H16BNS/c1-5-10(6-2)9-7(3)11-8(4)12-9/h5-6H2,1-4H3. The van der Waals surface area contributed by atoms with Crippen LogP contribution in [0.3, 0.4) is 0 Å². The molecule has 0 spiro atoms. The van der Waals surface area contributed by atoms with Gasteiger partial charge in [-0.2, -0.15) is 0 Å². The van der Waals surface area contributed by atoms with Crippen molar-refractivity contribution in [2.45, 2.75) is 40.3 Å². The smallest absolute Gasteiger partial charge is 0.191 e. The Morgan fingerprint density at radius 1 is 1.25 bits per heavy atom. The predicted molar refractivity (Wildman–Crippen MR) is 57.9 cm³/mol. The summed E-state index contributed by atoms with van der Waals surface area (Å²) in [5, 5.41) is 1.20. The predicted octanol–water partition coefficient (Wildman–Crippen LogP) is 2.50. The Labute approximate surface area is 79.3 Å². The van der Waals surface area contributed by atoms with Crippen LogP contribution in [0.15, 0.2) is 0 Å². The lowest BCUT2D eigenvalue weighted by Crippen LogP contribution is -2.27. The quantitative estimate of drug-likeness (QED) is 0.653. The van der Waals surface area contributed by atoms with Gasteiger partial charge in [-0.1, -0.05) is 26.5 Å². The van der Waals surface area contributed by atoms with Gasteiger partial charge in [-0.25, -0.2) is 4.98 Å². The van der Waals surface area contributed by atoms with Crippen LogP contribution in [0, 0.1) is 13.8 Å². The van der Waals surface area contributed by atoms with Crippen molar-refractivity contribution >= 4 is 22.8 Å². The van der Waals surface area contributed by atoms with E-state index in [-0.39, 0.29) is 0 Å². The van der Waals surface area contributed by atoms with Crippen molar-refractivity contribution in [1.29, 1.82) is 0 Å². The Morgan fingerprint density at radius 2 is 1.83 bits per heavy atom. The fourth-order valence-corrected chi connectivity index (χ4v) is 2.78. The van der Waals surface area contributed by atoms with Gasteiger partial charge in [-0.15, -0.1) is 11.3 Å². The van der Waals surface area contributed by atoms with Gasteiger partial charge in [0.2, 0.25) is 0 Å². The maximum absolute atomic E-state index is 4.45. The highest BCUT2D eigenvalue weighted by Gasteiger charge is 2.16. The van der Waals surface area contributed by atoms with E-state index in [9.17, 15) is 0 Å². The summed E-state index contributed by atoms with van der Waals surface area (Å²) in [5.41, 5.74) is 1.24. The Kier molecular flexibility index (Phi) is 3.33. The third-order valence-corrected chi connectivity index (χ3v) is 3.53. The first-order valence-corrected chi connectivity index (χ1v) is 5.44. The van der Waals surface area contributed by atoms with E-state index in [0.29, 0.717) is 0 Å². The normalized spacial score (nSPS) is 10.3. The molecule has 0 N–H and O–H groups in total. The number of aromatic nitrogens is 1. The minimum absolute atomic E-state index is 0.733. The molecule has 1 nitrogen and oxygen atoms in total. The molecule has 0 atom stereocenters. The van der Waals surface area contributed by atoms with Crippen molar-refractivity contribution in [3.05, 3.63) is 10.7 Å². The lowest BCUT2D eigenvalue weighted by Gasteiger charge is -2.05. The number of nitrogens with zero attached hydrogens (tertiary/aromatic N) is 1. The van der Waals surface area contributed by atoms with Gasteiger partial charge in [-0.3, -0.25) is 0 Å². The van der Waals surface area contributed by atoms with Crippen LogP contribution in [-0.4, -0.2) is 11.7 Å². The summed E-state index contributed by atoms with van der Waals surface area (Å²) in [4.78, 5) is 4.45. The molecule has 1 aromatic heterocycles. The second-order valence-corrected chi connectivity index (χ2v) is 4.43. The molecular weight excluding hydrogens is 165 g/mol. The van der Waals surface area contributed by atoms with E-state index in [1.54, 1.807) is 0 Å². The van der Waals surface area contributed by atoms with E-state index in [1.165, 1.54) is 28.1 Å². The van der Waals surface area contributed by atoms with Gasteiger partial charge in [0.15, 0.2) is 6.71 Å². The molecule has 12 heavy (non-hydrogen) atoms. The van der Waals surface area contributed by atoms with Gasteiger partial charge >= 0.3 is 0 Å². The Balaban J connectivity index is 2.91. The molecule has 0 amide bonds. The first-order chi connectivity index (χ1) is 5.69. The maximum atomic E-state index is 4.45. The van der Waals surface area contributed by atoms with E-state index in [2.05, 4.69) is 32.7 Å². The lowest BCUT2D eigenvalue weighted by atomic mass is 9.44.